The number of thiophene rings is 1. The molecule has 0 fully saturated rings. The number of carbonyl (C=O) groups excluding carboxylic acids is 1. The first-order valence-corrected chi connectivity index (χ1v) is 14.5. The van der Waals surface area contributed by atoms with Crippen molar-refractivity contribution in [3.05, 3.63) is 16.8 Å². The number of ether oxygens (including phenoxy) is 1. The Hall–Kier alpha value is -1.42. The molecule has 0 radical (unpaired) electrons. The molecule has 6 nitrogen and oxygen atoms in total. The largest absolute Gasteiger partial charge is 0.370 e. The van der Waals surface area contributed by atoms with Crippen LogP contribution in [0.15, 0.2) is 10.2 Å². The van der Waals surface area contributed by atoms with Crippen LogP contribution in [0.25, 0.3) is 20.4 Å². The van der Waals surface area contributed by atoms with Crippen molar-refractivity contribution in [3.63, 3.8) is 0 Å². The van der Waals surface area contributed by atoms with Crippen molar-refractivity contribution in [1.29, 1.82) is 0 Å². The summed E-state index contributed by atoms with van der Waals surface area (Å²) in [4.78, 5) is 30.4. The Morgan fingerprint density at radius 3 is 2.55 bits per heavy atom. The smallest absolute Gasteiger partial charge is 0.232 e. The summed E-state index contributed by atoms with van der Waals surface area (Å²) in [5, 5.41) is 2.74. The highest BCUT2D eigenvalue weighted by molar-refractivity contribution is 8.00. The first-order chi connectivity index (χ1) is 15.7. The van der Waals surface area contributed by atoms with E-state index in [2.05, 4.69) is 27.7 Å². The maximum absolute atomic E-state index is 12.7. The molecule has 0 aliphatic carbocycles. The lowest BCUT2D eigenvalue weighted by molar-refractivity contribution is -0.127. The van der Waals surface area contributed by atoms with E-state index in [9.17, 15) is 4.79 Å². The summed E-state index contributed by atoms with van der Waals surface area (Å²) < 4.78 is 7.21. The quantitative estimate of drug-likeness (QED) is 0.225. The molecule has 0 aromatic carbocycles. The van der Waals surface area contributed by atoms with Crippen molar-refractivity contribution in [1.82, 2.24) is 19.9 Å². The van der Waals surface area contributed by atoms with Gasteiger partial charge in [-0.2, -0.15) is 0 Å². The highest BCUT2D eigenvalue weighted by atomic mass is 32.2. The summed E-state index contributed by atoms with van der Waals surface area (Å²) in [7, 11) is 0. The van der Waals surface area contributed by atoms with Crippen LogP contribution in [0.2, 0.25) is 0 Å². The third-order valence-electron chi connectivity index (χ3n) is 6.05. The molecule has 0 N–H and O–H groups in total. The third-order valence-corrected chi connectivity index (χ3v) is 8.76. The second-order valence-corrected chi connectivity index (χ2v) is 11.9. The minimum absolute atomic E-state index is 0.139. The van der Waals surface area contributed by atoms with E-state index < -0.39 is 0 Å². The minimum Gasteiger partial charge on any atom is -0.370 e. The van der Waals surface area contributed by atoms with Gasteiger partial charge in [-0.3, -0.25) is 4.79 Å². The first kappa shape index (κ1) is 24.7. The lowest BCUT2D eigenvalue weighted by Gasteiger charge is -2.33. The Morgan fingerprint density at radius 2 is 1.91 bits per heavy atom. The molecule has 3 aromatic heterocycles. The monoisotopic (exact) mass is 504 g/mol. The van der Waals surface area contributed by atoms with E-state index in [0.717, 1.165) is 55.8 Å². The van der Waals surface area contributed by atoms with Crippen LogP contribution in [0.4, 0.5) is 0 Å². The molecule has 1 aliphatic heterocycles. The lowest BCUT2D eigenvalue weighted by atomic mass is 9.87. The maximum Gasteiger partial charge on any atom is 0.232 e. The van der Waals surface area contributed by atoms with Crippen molar-refractivity contribution in [2.45, 2.75) is 76.3 Å². The fraction of sp³-hybridized carbons (Fsp3) is 0.583. The van der Waals surface area contributed by atoms with Crippen molar-refractivity contribution in [3.8, 4) is 0 Å². The summed E-state index contributed by atoms with van der Waals surface area (Å²) in [6.07, 6.45) is 2.82. The zero-order valence-corrected chi connectivity index (χ0v) is 22.9. The zero-order chi connectivity index (χ0) is 23.9. The SMILES string of the molecule is CCN(CC)C(=O)CSc1nc(SC)nc2c1sc1nc(C(C)C)c3c(c12)CC(C)(C)OC3. The van der Waals surface area contributed by atoms with Gasteiger partial charge in [0.25, 0.3) is 0 Å². The third kappa shape index (κ3) is 4.74. The van der Waals surface area contributed by atoms with Crippen LogP contribution >= 0.6 is 34.9 Å². The van der Waals surface area contributed by atoms with Gasteiger partial charge in [-0.1, -0.05) is 37.4 Å². The standard InChI is InChI=1S/C24H32N4O2S3/c1-8-28(9-2)16(29)12-32-22-20-19(26-23(27-22)31-7)17-14-10-24(5,6)30-11-15(14)18(13(3)4)25-21(17)33-20/h13H,8-12H2,1-7H3. The van der Waals surface area contributed by atoms with E-state index in [1.807, 2.05) is 25.0 Å². The highest BCUT2D eigenvalue weighted by Gasteiger charge is 2.32. The highest BCUT2D eigenvalue weighted by Crippen LogP contribution is 2.44. The number of pyridine rings is 1. The Balaban J connectivity index is 1.90. The van der Waals surface area contributed by atoms with Crippen LogP contribution in [0, 0.1) is 0 Å². The number of carbonyl (C=O) groups is 1. The predicted octanol–water partition coefficient (Wildman–Crippen LogP) is 5.90. The summed E-state index contributed by atoms with van der Waals surface area (Å²) in [5.41, 5.74) is 4.37. The van der Waals surface area contributed by atoms with Crippen molar-refractivity contribution >= 4 is 61.2 Å². The second-order valence-electron chi connectivity index (χ2n) is 9.16. The van der Waals surface area contributed by atoms with E-state index >= 15 is 0 Å². The topological polar surface area (TPSA) is 68.2 Å². The number of fused-ring (bicyclic) bond motifs is 5. The zero-order valence-electron chi connectivity index (χ0n) is 20.4. The van der Waals surface area contributed by atoms with Gasteiger partial charge in [-0.15, -0.1) is 11.3 Å². The number of rotatable bonds is 7. The molecule has 0 spiro atoms. The molecular formula is C24H32N4O2S3. The average molecular weight is 505 g/mol. The Kier molecular flexibility index (Phi) is 7.24. The van der Waals surface area contributed by atoms with Crippen molar-refractivity contribution in [2.75, 3.05) is 25.1 Å². The molecule has 9 heteroatoms. The van der Waals surface area contributed by atoms with Crippen LogP contribution < -0.4 is 0 Å². The number of hydrogen-bond acceptors (Lipinski definition) is 8. The molecule has 178 valence electrons. The van der Waals surface area contributed by atoms with Crippen LogP contribution in [-0.2, 0) is 22.6 Å². The van der Waals surface area contributed by atoms with Gasteiger partial charge >= 0.3 is 0 Å². The molecule has 0 atom stereocenters. The number of hydrogen-bond donors (Lipinski definition) is 0. The van der Waals surface area contributed by atoms with Crippen LogP contribution in [-0.4, -0.2) is 56.5 Å². The number of aromatic nitrogens is 3. The molecule has 1 amide bonds. The van der Waals surface area contributed by atoms with Gasteiger partial charge in [-0.05, 0) is 45.4 Å². The number of thioether (sulfide) groups is 2. The van der Waals surface area contributed by atoms with Crippen molar-refractivity contribution < 1.29 is 9.53 Å². The van der Waals surface area contributed by atoms with Gasteiger partial charge in [0.1, 0.15) is 9.86 Å². The molecule has 0 bridgehead atoms. The second kappa shape index (κ2) is 9.68. The summed E-state index contributed by atoms with van der Waals surface area (Å²) in [6, 6.07) is 0. The first-order valence-electron chi connectivity index (χ1n) is 11.4. The maximum atomic E-state index is 12.7. The van der Waals surface area contributed by atoms with E-state index in [1.54, 1.807) is 11.3 Å². The fourth-order valence-electron chi connectivity index (χ4n) is 4.32. The normalized spacial score (nSPS) is 15.4. The van der Waals surface area contributed by atoms with Gasteiger partial charge < -0.3 is 9.64 Å². The Bertz CT molecular complexity index is 1200. The van der Waals surface area contributed by atoms with Gasteiger partial charge in [0.2, 0.25) is 5.91 Å². The van der Waals surface area contributed by atoms with Crippen LogP contribution in [0.5, 0.6) is 0 Å². The summed E-state index contributed by atoms with van der Waals surface area (Å²) in [6.45, 7) is 14.7. The average Bonchev–Trinajstić information content (AvgIpc) is 3.15. The fourth-order valence-corrected chi connectivity index (χ4v) is 6.90. The van der Waals surface area contributed by atoms with Gasteiger partial charge in [-0.25, -0.2) is 15.0 Å². The van der Waals surface area contributed by atoms with E-state index in [-0.39, 0.29) is 11.5 Å². The van der Waals surface area contributed by atoms with E-state index in [4.69, 9.17) is 19.7 Å². The van der Waals surface area contributed by atoms with Crippen molar-refractivity contribution in [2.24, 2.45) is 0 Å². The molecule has 4 rings (SSSR count). The van der Waals surface area contributed by atoms with Crippen LogP contribution in [0.3, 0.4) is 0 Å². The Morgan fingerprint density at radius 1 is 1.18 bits per heavy atom. The molecule has 1 aliphatic rings. The number of nitrogens with zero attached hydrogens (tertiary/aromatic N) is 4. The van der Waals surface area contributed by atoms with Gasteiger partial charge in [0.15, 0.2) is 5.16 Å². The van der Waals surface area contributed by atoms with Gasteiger partial charge in [0.05, 0.1) is 33.9 Å². The molecule has 0 saturated carbocycles. The summed E-state index contributed by atoms with van der Waals surface area (Å²) in [5.74, 6) is 0.825. The predicted molar refractivity (Wildman–Crippen MR) is 140 cm³/mol. The van der Waals surface area contributed by atoms with Gasteiger partial charge in [0, 0.05) is 30.5 Å². The number of amides is 1. The lowest BCUT2D eigenvalue weighted by Crippen LogP contribution is -2.33. The summed E-state index contributed by atoms with van der Waals surface area (Å²) >= 11 is 4.70. The molecule has 0 unspecified atom stereocenters. The molecule has 33 heavy (non-hydrogen) atoms. The van der Waals surface area contributed by atoms with Crippen LogP contribution in [0.1, 0.15) is 64.3 Å². The molecule has 3 aromatic rings. The Labute approximate surface area is 208 Å². The molecule has 0 saturated heterocycles. The molecular weight excluding hydrogens is 472 g/mol. The molecule has 4 heterocycles. The van der Waals surface area contributed by atoms with E-state index in [0.29, 0.717) is 18.3 Å². The van der Waals surface area contributed by atoms with E-state index in [1.165, 1.54) is 34.7 Å². The minimum atomic E-state index is -0.229.